The van der Waals surface area contributed by atoms with Crippen LogP contribution < -0.4 is 0 Å². The fourth-order valence-corrected chi connectivity index (χ4v) is 1.77. The van der Waals surface area contributed by atoms with Crippen LogP contribution in [0.2, 0.25) is 0 Å². The molecule has 104 valence electrons. The Morgan fingerprint density at radius 2 is 2.00 bits per heavy atom. The average Bonchev–Trinajstić information content (AvgIpc) is 2.36. The summed E-state index contributed by atoms with van der Waals surface area (Å²) in [5.74, 6) is 0. The van der Waals surface area contributed by atoms with Gasteiger partial charge in [-0.3, -0.25) is 4.90 Å². The molecule has 0 spiro atoms. The van der Waals surface area contributed by atoms with Crippen LogP contribution in [-0.4, -0.2) is 35.0 Å². The third kappa shape index (κ3) is 3.66. The number of carbonyl (C=O) groups is 1. The predicted octanol–water partition coefficient (Wildman–Crippen LogP) is 3.14. The normalized spacial score (nSPS) is 22.8. The number of hydrogen-bond donors (Lipinski definition) is 0. The quantitative estimate of drug-likeness (QED) is 0.729. The fraction of sp³-hybridized carbons (Fsp3) is 0.750. The van der Waals surface area contributed by atoms with Crippen molar-refractivity contribution < 1.29 is 23.0 Å². The Morgan fingerprint density at radius 1 is 1.44 bits per heavy atom. The first kappa shape index (κ1) is 14.9. The van der Waals surface area contributed by atoms with Crippen molar-refractivity contribution in [3.05, 3.63) is 12.2 Å². The van der Waals surface area contributed by atoms with Crippen LogP contribution in [0.3, 0.4) is 0 Å². The molecule has 1 fully saturated rings. The lowest BCUT2D eigenvalue weighted by Crippen LogP contribution is -2.49. The smallest absolute Gasteiger partial charge is 0.413 e. The largest absolute Gasteiger partial charge is 0.444 e. The topological polar surface area (TPSA) is 38.8 Å². The minimum Gasteiger partial charge on any atom is -0.444 e. The summed E-state index contributed by atoms with van der Waals surface area (Å²) >= 11 is 0. The Bertz CT molecular complexity index is 357. The molecule has 0 aromatic heterocycles. The molecule has 1 saturated heterocycles. The summed E-state index contributed by atoms with van der Waals surface area (Å²) in [5.41, 5.74) is -1.64. The van der Waals surface area contributed by atoms with Gasteiger partial charge in [0.2, 0.25) is 0 Å². The van der Waals surface area contributed by atoms with E-state index < -0.39 is 29.5 Å². The van der Waals surface area contributed by atoms with Crippen LogP contribution in [0.5, 0.6) is 0 Å². The molecular formula is C12H19F2NO3. The van der Waals surface area contributed by atoms with E-state index in [-0.39, 0.29) is 6.61 Å². The molecule has 1 rings (SSSR count). The number of nitrogens with zero attached hydrogens (tertiary/aromatic N) is 1. The zero-order valence-electron chi connectivity index (χ0n) is 11.3. The zero-order chi connectivity index (χ0) is 14.1. The highest BCUT2D eigenvalue weighted by molar-refractivity contribution is 5.70. The first-order valence-corrected chi connectivity index (χ1v) is 5.72. The molecule has 6 heteroatoms. The van der Waals surface area contributed by atoms with Gasteiger partial charge in [0.05, 0.1) is 12.6 Å². The number of ether oxygens (including phenoxy) is 2. The Kier molecular flexibility index (Phi) is 4.00. The molecule has 1 amide bonds. The van der Waals surface area contributed by atoms with Gasteiger partial charge >= 0.3 is 6.09 Å². The number of amides is 1. The Labute approximate surface area is 106 Å². The maximum absolute atomic E-state index is 12.3. The minimum atomic E-state index is -1.84. The second-order valence-electron chi connectivity index (χ2n) is 5.63. The van der Waals surface area contributed by atoms with Crippen molar-refractivity contribution in [3.8, 4) is 0 Å². The van der Waals surface area contributed by atoms with Gasteiger partial charge in [-0.05, 0) is 34.6 Å². The van der Waals surface area contributed by atoms with Crippen LogP contribution in [0.1, 0.15) is 34.6 Å². The molecule has 1 aliphatic heterocycles. The molecule has 1 heterocycles. The van der Waals surface area contributed by atoms with Crippen molar-refractivity contribution in [3.63, 3.8) is 0 Å². The van der Waals surface area contributed by atoms with Crippen molar-refractivity contribution in [2.24, 2.45) is 0 Å². The van der Waals surface area contributed by atoms with E-state index in [4.69, 9.17) is 9.47 Å². The van der Waals surface area contributed by atoms with Gasteiger partial charge < -0.3 is 9.47 Å². The van der Waals surface area contributed by atoms with Gasteiger partial charge in [0.25, 0.3) is 6.08 Å². The summed E-state index contributed by atoms with van der Waals surface area (Å²) in [6.07, 6.45) is -1.79. The molecule has 0 bridgehead atoms. The highest BCUT2D eigenvalue weighted by Gasteiger charge is 2.45. The molecule has 0 aliphatic carbocycles. The highest BCUT2D eigenvalue weighted by atomic mass is 19.3. The molecule has 0 aromatic rings. The number of rotatable bonds is 1. The summed E-state index contributed by atoms with van der Waals surface area (Å²) < 4.78 is 35.2. The summed E-state index contributed by atoms with van der Waals surface area (Å²) in [5, 5.41) is 0. The van der Waals surface area contributed by atoms with E-state index in [0.29, 0.717) is 6.08 Å². The van der Waals surface area contributed by atoms with Crippen LogP contribution in [0.15, 0.2) is 12.2 Å². The lowest BCUT2D eigenvalue weighted by molar-refractivity contribution is -0.0611. The lowest BCUT2D eigenvalue weighted by Gasteiger charge is -2.34. The number of halogens is 2. The van der Waals surface area contributed by atoms with Gasteiger partial charge in [0.1, 0.15) is 11.3 Å². The van der Waals surface area contributed by atoms with E-state index in [2.05, 4.69) is 0 Å². The van der Waals surface area contributed by atoms with E-state index in [1.54, 1.807) is 34.6 Å². The second kappa shape index (κ2) is 4.84. The summed E-state index contributed by atoms with van der Waals surface area (Å²) in [4.78, 5) is 13.2. The average molecular weight is 263 g/mol. The molecule has 18 heavy (non-hydrogen) atoms. The first-order valence-electron chi connectivity index (χ1n) is 5.72. The van der Waals surface area contributed by atoms with Gasteiger partial charge in [-0.1, -0.05) is 0 Å². The minimum absolute atomic E-state index is 0.0313. The molecule has 1 unspecified atom stereocenters. The van der Waals surface area contributed by atoms with Gasteiger partial charge in [0.15, 0.2) is 0 Å². The van der Waals surface area contributed by atoms with Crippen LogP contribution in [0.25, 0.3) is 0 Å². The molecule has 4 nitrogen and oxygen atoms in total. The highest BCUT2D eigenvalue weighted by Crippen LogP contribution is 2.30. The predicted molar refractivity (Wildman–Crippen MR) is 62.2 cm³/mol. The Morgan fingerprint density at radius 3 is 2.44 bits per heavy atom. The Balaban J connectivity index is 2.92. The van der Waals surface area contributed by atoms with E-state index in [0.717, 1.165) is 0 Å². The molecule has 0 radical (unpaired) electrons. The summed E-state index contributed by atoms with van der Waals surface area (Å²) in [7, 11) is 0. The maximum atomic E-state index is 12.3. The van der Waals surface area contributed by atoms with Gasteiger partial charge in [-0.15, -0.1) is 0 Å². The van der Waals surface area contributed by atoms with E-state index >= 15 is 0 Å². The van der Waals surface area contributed by atoms with E-state index in [9.17, 15) is 13.6 Å². The lowest BCUT2D eigenvalue weighted by atomic mass is 10.2. The van der Waals surface area contributed by atoms with Crippen LogP contribution in [0, 0.1) is 0 Å². The maximum Gasteiger partial charge on any atom is 0.413 e. The van der Waals surface area contributed by atoms with Gasteiger partial charge in [0, 0.05) is 6.08 Å². The van der Waals surface area contributed by atoms with Gasteiger partial charge in [-0.25, -0.2) is 4.79 Å². The van der Waals surface area contributed by atoms with Crippen LogP contribution in [-0.2, 0) is 9.47 Å². The van der Waals surface area contributed by atoms with Crippen molar-refractivity contribution in [2.75, 3.05) is 6.61 Å². The first-order chi connectivity index (χ1) is 8.03. The monoisotopic (exact) mass is 263 g/mol. The molecular weight excluding hydrogens is 244 g/mol. The Hall–Kier alpha value is -1.17. The van der Waals surface area contributed by atoms with Crippen molar-refractivity contribution >= 4 is 6.09 Å². The summed E-state index contributed by atoms with van der Waals surface area (Å²) in [6, 6.07) is -0.806. The van der Waals surface area contributed by atoms with Crippen molar-refractivity contribution in [1.82, 2.24) is 4.90 Å². The third-order valence-electron chi connectivity index (χ3n) is 2.43. The molecule has 0 N–H and O–H groups in total. The van der Waals surface area contributed by atoms with Gasteiger partial charge in [-0.2, -0.15) is 8.78 Å². The van der Waals surface area contributed by atoms with Crippen molar-refractivity contribution in [2.45, 2.75) is 52.0 Å². The molecule has 1 atom stereocenters. The van der Waals surface area contributed by atoms with E-state index in [1.807, 2.05) is 0 Å². The third-order valence-corrected chi connectivity index (χ3v) is 2.43. The zero-order valence-corrected chi connectivity index (χ0v) is 11.3. The van der Waals surface area contributed by atoms with Crippen LogP contribution >= 0.6 is 0 Å². The fourth-order valence-electron chi connectivity index (χ4n) is 1.77. The number of hydrogen-bond acceptors (Lipinski definition) is 3. The molecule has 0 aromatic carbocycles. The van der Waals surface area contributed by atoms with Crippen molar-refractivity contribution in [1.29, 1.82) is 0 Å². The standard InChI is InChI=1S/C12H19F2NO3/c1-11(2,3)18-10(16)15-8(6-9(13)14)7-17-12(15,4)5/h6,8H,7H2,1-5H3. The molecule has 0 saturated carbocycles. The van der Waals surface area contributed by atoms with E-state index in [1.165, 1.54) is 4.90 Å². The molecule has 1 aliphatic rings. The summed E-state index contributed by atoms with van der Waals surface area (Å²) in [6.45, 7) is 8.46. The second-order valence-corrected chi connectivity index (χ2v) is 5.63. The van der Waals surface area contributed by atoms with Crippen LogP contribution in [0.4, 0.5) is 13.6 Å². The number of carbonyl (C=O) groups excluding carboxylic acids is 1. The SMILES string of the molecule is CC(C)(C)OC(=O)N1C(C=C(F)F)COC1(C)C.